The van der Waals surface area contributed by atoms with Crippen molar-refractivity contribution in [3.63, 3.8) is 0 Å². The Labute approximate surface area is 196 Å². The first-order chi connectivity index (χ1) is 13.9. The van der Waals surface area contributed by atoms with E-state index in [9.17, 15) is 0 Å². The van der Waals surface area contributed by atoms with Gasteiger partial charge in [0.15, 0.2) is 0 Å². The van der Waals surface area contributed by atoms with Gasteiger partial charge in [-0.25, -0.2) is 0 Å². The Balaban J connectivity index is 2.60. The SMILES string of the molecule is CCCC1=CC(CC(C)C)=C[CH]1[Ti]([Cl])([Cl])([CH]1C=C(CC(C)C)C=C1CCC)[SiH](C)C. The Morgan fingerprint density at radius 2 is 1.17 bits per heavy atom. The van der Waals surface area contributed by atoms with Crippen molar-refractivity contribution in [2.75, 3.05) is 0 Å². The van der Waals surface area contributed by atoms with Crippen LogP contribution < -0.4 is 0 Å². The van der Waals surface area contributed by atoms with Crippen LogP contribution in [0, 0.1) is 11.8 Å². The zero-order chi connectivity index (χ0) is 22.7. The maximum atomic E-state index is 8.05. The summed E-state index contributed by atoms with van der Waals surface area (Å²) in [6, 6.07) is 0. The predicted molar refractivity (Wildman–Crippen MR) is 139 cm³/mol. The van der Waals surface area contributed by atoms with E-state index < -0.39 is 19.1 Å². The van der Waals surface area contributed by atoms with Gasteiger partial charge in [-0.05, 0) is 0 Å². The summed E-state index contributed by atoms with van der Waals surface area (Å²) >= 11 is -3.95. The molecule has 0 amide bonds. The second-order valence-corrected chi connectivity index (χ2v) is 40.3. The van der Waals surface area contributed by atoms with Crippen LogP contribution in [0.3, 0.4) is 0 Å². The van der Waals surface area contributed by atoms with Crippen molar-refractivity contribution in [3.05, 3.63) is 46.6 Å². The zero-order valence-corrected chi connectivity index (χ0v) is 24.9. The molecule has 0 bridgehead atoms. The van der Waals surface area contributed by atoms with E-state index in [-0.39, 0.29) is 0 Å². The van der Waals surface area contributed by atoms with E-state index in [1.807, 2.05) is 0 Å². The molecule has 0 aliphatic heterocycles. The number of hydrogen-bond acceptors (Lipinski definition) is 0. The molecule has 0 N–H and O–H groups in total. The van der Waals surface area contributed by atoms with Crippen LogP contribution in [0.5, 0.6) is 0 Å². The molecule has 0 saturated carbocycles. The fraction of sp³-hybridized carbons (Fsp3) is 0.692. The van der Waals surface area contributed by atoms with Crippen LogP contribution >= 0.6 is 18.6 Å². The summed E-state index contributed by atoms with van der Waals surface area (Å²) in [5, 5.41) is 0. The first-order valence-corrected chi connectivity index (χ1v) is 24.0. The first kappa shape index (κ1) is 26.7. The zero-order valence-electron chi connectivity index (χ0n) is 20.7. The molecular formula is C26H45Cl2SiTi. The molecule has 171 valence electrons. The maximum absolute atomic E-state index is 8.05. The Hall–Kier alpha value is 0.471. The van der Waals surface area contributed by atoms with Crippen LogP contribution in [-0.4, -0.2) is 6.66 Å². The molecule has 30 heavy (non-hydrogen) atoms. The second kappa shape index (κ2) is 10.6. The third-order valence-corrected chi connectivity index (χ3v) is 42.5. The van der Waals surface area contributed by atoms with Crippen molar-refractivity contribution in [3.8, 4) is 0 Å². The van der Waals surface area contributed by atoms with Gasteiger partial charge in [0.25, 0.3) is 0 Å². The van der Waals surface area contributed by atoms with Crippen LogP contribution in [0.15, 0.2) is 46.6 Å². The average Bonchev–Trinajstić information content (AvgIpc) is 3.20. The normalized spacial score (nSPS) is 23.6. The Morgan fingerprint density at radius 1 is 0.800 bits per heavy atom. The van der Waals surface area contributed by atoms with Gasteiger partial charge in [0, 0.05) is 0 Å². The Bertz CT molecular complexity index is 684. The molecule has 0 spiro atoms. The summed E-state index contributed by atoms with van der Waals surface area (Å²) in [6.45, 7) is 17.4. The van der Waals surface area contributed by atoms with Crippen molar-refractivity contribution in [1.29, 1.82) is 0 Å². The molecular weight excluding hydrogens is 459 g/mol. The van der Waals surface area contributed by atoms with Crippen LogP contribution in [0.1, 0.15) is 80.1 Å². The van der Waals surface area contributed by atoms with Gasteiger partial charge in [-0.2, -0.15) is 0 Å². The minimum absolute atomic E-state index is 0.311. The van der Waals surface area contributed by atoms with Gasteiger partial charge >= 0.3 is 198 Å². The number of rotatable bonds is 11. The number of halogens is 2. The summed E-state index contributed by atoms with van der Waals surface area (Å²) in [5.74, 6) is 1.32. The number of allylic oxidation sites excluding steroid dienone is 8. The van der Waals surface area contributed by atoms with Crippen molar-refractivity contribution < 1.29 is 12.4 Å². The first-order valence-electron chi connectivity index (χ1n) is 12.3. The Kier molecular flexibility index (Phi) is 9.44. The van der Waals surface area contributed by atoms with Crippen LogP contribution in [-0.2, 0) is 12.4 Å². The molecule has 0 saturated heterocycles. The molecule has 0 aromatic carbocycles. The molecule has 2 unspecified atom stereocenters. The van der Waals surface area contributed by atoms with Gasteiger partial charge < -0.3 is 0 Å². The molecule has 2 aliphatic rings. The third-order valence-electron chi connectivity index (χ3n) is 6.96. The minimum atomic E-state index is -3.95. The molecule has 0 aromatic rings. The average molecular weight is 505 g/mol. The molecule has 2 rings (SSSR count). The van der Waals surface area contributed by atoms with Crippen LogP contribution in [0.2, 0.25) is 21.5 Å². The standard InChI is InChI=1S/2C12H19.C2H7Si.2ClH.Ti/c2*1-4-5-11-6-7-12(9-11)8-10(2)3;1-3-2;;;/h2*6-7,9-10H,4-5,8H2,1-3H3;3H,1-2H3;2*1H;/q;;;;;+2/p-2. The van der Waals surface area contributed by atoms with Crippen LogP contribution in [0.4, 0.5) is 0 Å². The summed E-state index contributed by atoms with van der Waals surface area (Å²) in [5.41, 5.74) is 6.04. The van der Waals surface area contributed by atoms with Gasteiger partial charge in [-0.15, -0.1) is 0 Å². The summed E-state index contributed by atoms with van der Waals surface area (Å²) < 4.78 is 0.621. The Morgan fingerprint density at radius 3 is 1.43 bits per heavy atom. The summed E-state index contributed by atoms with van der Waals surface area (Å²) in [7, 11) is 16.1. The predicted octanol–water partition coefficient (Wildman–Crippen LogP) is 9.97. The van der Waals surface area contributed by atoms with Crippen LogP contribution in [0.25, 0.3) is 0 Å². The fourth-order valence-electron chi connectivity index (χ4n) is 5.56. The van der Waals surface area contributed by atoms with Crippen molar-refractivity contribution in [2.45, 2.75) is 102 Å². The van der Waals surface area contributed by atoms with Crippen molar-refractivity contribution in [1.82, 2.24) is 0 Å². The van der Waals surface area contributed by atoms with E-state index in [1.165, 1.54) is 22.3 Å². The van der Waals surface area contributed by atoms with Gasteiger partial charge in [-0.1, -0.05) is 0 Å². The molecule has 0 heterocycles. The molecule has 0 fully saturated rings. The quantitative estimate of drug-likeness (QED) is 0.246. The third kappa shape index (κ3) is 5.51. The molecule has 0 radical (unpaired) electrons. The summed E-state index contributed by atoms with van der Waals surface area (Å²) in [4.78, 5) is 0. The van der Waals surface area contributed by atoms with E-state index in [4.69, 9.17) is 18.6 Å². The van der Waals surface area contributed by atoms with E-state index in [0.29, 0.717) is 20.3 Å². The van der Waals surface area contributed by atoms with Gasteiger partial charge in [0.2, 0.25) is 0 Å². The van der Waals surface area contributed by atoms with Gasteiger partial charge in [-0.3, -0.25) is 0 Å². The molecule has 0 aromatic heterocycles. The fourth-order valence-corrected chi connectivity index (χ4v) is 24.8. The topological polar surface area (TPSA) is 0 Å². The van der Waals surface area contributed by atoms with Gasteiger partial charge in [0.1, 0.15) is 0 Å². The van der Waals surface area contributed by atoms with Crippen molar-refractivity contribution >= 4 is 25.3 Å². The monoisotopic (exact) mass is 503 g/mol. The van der Waals surface area contributed by atoms with E-state index in [0.717, 1.165) is 38.5 Å². The molecule has 4 heteroatoms. The van der Waals surface area contributed by atoms with E-state index >= 15 is 0 Å². The molecule has 2 aliphatic carbocycles. The molecule has 2 atom stereocenters. The molecule has 0 nitrogen and oxygen atoms in total. The van der Waals surface area contributed by atoms with E-state index in [2.05, 4.69) is 78.9 Å². The summed E-state index contributed by atoms with van der Waals surface area (Å²) in [6.07, 6.45) is 16.9. The van der Waals surface area contributed by atoms with Crippen molar-refractivity contribution in [2.24, 2.45) is 11.8 Å². The van der Waals surface area contributed by atoms with E-state index in [1.54, 1.807) is 0 Å². The van der Waals surface area contributed by atoms with Gasteiger partial charge in [0.05, 0.1) is 0 Å². The second-order valence-electron chi connectivity index (χ2n) is 11.0. The number of hydrogen-bond donors (Lipinski definition) is 0.